The van der Waals surface area contributed by atoms with E-state index in [9.17, 15) is 14.4 Å². The van der Waals surface area contributed by atoms with Gasteiger partial charge in [-0.2, -0.15) is 0 Å². The highest BCUT2D eigenvalue weighted by atomic mass is 16.5. The van der Waals surface area contributed by atoms with Crippen LogP contribution in [-0.4, -0.2) is 56.3 Å². The quantitative estimate of drug-likeness (QED) is 0.733. The van der Waals surface area contributed by atoms with Crippen molar-refractivity contribution in [1.82, 2.24) is 15.5 Å². The Bertz CT molecular complexity index is 896. The molecule has 3 unspecified atom stereocenters. The fourth-order valence-corrected chi connectivity index (χ4v) is 4.21. The lowest BCUT2D eigenvalue weighted by atomic mass is 9.74. The number of imide groups is 1. The number of hydrogen-bond acceptors (Lipinski definition) is 7. The third kappa shape index (κ3) is 2.57. The van der Waals surface area contributed by atoms with Gasteiger partial charge in [0.1, 0.15) is 24.3 Å². The molecule has 1 aromatic carbocycles. The van der Waals surface area contributed by atoms with Crippen molar-refractivity contribution in [2.24, 2.45) is 5.92 Å². The van der Waals surface area contributed by atoms with Gasteiger partial charge in [-0.25, -0.2) is 9.59 Å². The zero-order valence-electron chi connectivity index (χ0n) is 15.8. The van der Waals surface area contributed by atoms with E-state index in [1.54, 1.807) is 18.2 Å². The zero-order chi connectivity index (χ0) is 20.0. The molecule has 3 heterocycles. The predicted molar refractivity (Wildman–Crippen MR) is 96.6 cm³/mol. The van der Waals surface area contributed by atoms with Crippen molar-refractivity contribution >= 4 is 17.9 Å². The van der Waals surface area contributed by atoms with E-state index < -0.39 is 35.9 Å². The Morgan fingerprint density at radius 3 is 2.68 bits per heavy atom. The number of nitrogens with zero attached hydrogens (tertiary/aromatic N) is 1. The molecule has 0 radical (unpaired) electrons. The summed E-state index contributed by atoms with van der Waals surface area (Å²) in [5.74, 6) is -1.23. The van der Waals surface area contributed by atoms with Crippen LogP contribution >= 0.6 is 0 Å². The fourth-order valence-electron chi connectivity index (χ4n) is 4.21. The summed E-state index contributed by atoms with van der Waals surface area (Å²) in [5.41, 5.74) is 1.60. The molecular weight excluding hydrogens is 366 g/mol. The van der Waals surface area contributed by atoms with Gasteiger partial charge in [-0.15, -0.1) is 0 Å². The number of ether oxygens (including phenoxy) is 3. The summed E-state index contributed by atoms with van der Waals surface area (Å²) in [6.45, 7) is 2.30. The van der Waals surface area contributed by atoms with Gasteiger partial charge in [0, 0.05) is 18.0 Å². The number of carbonyl (C=O) groups excluding carboxylic acids is 3. The van der Waals surface area contributed by atoms with Crippen LogP contribution < -0.4 is 20.1 Å². The summed E-state index contributed by atoms with van der Waals surface area (Å²) < 4.78 is 16.1. The van der Waals surface area contributed by atoms with Crippen molar-refractivity contribution in [1.29, 1.82) is 0 Å². The normalized spacial score (nSPS) is 26.2. The van der Waals surface area contributed by atoms with E-state index >= 15 is 0 Å². The number of amides is 3. The molecule has 3 atom stereocenters. The zero-order valence-corrected chi connectivity index (χ0v) is 15.8. The maximum absolute atomic E-state index is 12.9. The Morgan fingerprint density at radius 2 is 2.00 bits per heavy atom. The van der Waals surface area contributed by atoms with Crippen molar-refractivity contribution < 1.29 is 28.6 Å². The highest BCUT2D eigenvalue weighted by Crippen LogP contribution is 2.47. The largest absolute Gasteiger partial charge is 0.497 e. The molecule has 1 saturated heterocycles. The smallest absolute Gasteiger partial charge is 0.336 e. The number of fused-ring (bicyclic) bond motifs is 1. The van der Waals surface area contributed by atoms with Crippen LogP contribution in [0.2, 0.25) is 0 Å². The molecule has 148 valence electrons. The minimum atomic E-state index is -0.733. The lowest BCUT2D eigenvalue weighted by molar-refractivity contribution is -0.136. The number of methoxy groups -OCH3 is 2. The molecule has 9 heteroatoms. The Balaban J connectivity index is 1.92. The molecule has 1 aromatic rings. The maximum Gasteiger partial charge on any atom is 0.336 e. The van der Waals surface area contributed by atoms with E-state index in [-0.39, 0.29) is 6.61 Å². The molecule has 0 aromatic heterocycles. The first-order chi connectivity index (χ1) is 13.5. The third-order valence-electron chi connectivity index (χ3n) is 5.47. The number of carbonyl (C=O) groups is 3. The van der Waals surface area contributed by atoms with E-state index in [1.807, 2.05) is 6.92 Å². The van der Waals surface area contributed by atoms with Crippen LogP contribution in [0.1, 0.15) is 18.4 Å². The Hall–Kier alpha value is -3.23. The lowest BCUT2D eigenvalue weighted by Crippen LogP contribution is -2.67. The SMILES string of the molecule is CCN1C(=O)NC(=O)C2C(c3cc(OC)ccc3OC)C3=C(COC3=O)NC21. The second-order valence-corrected chi connectivity index (χ2v) is 6.75. The first kappa shape index (κ1) is 18.1. The van der Waals surface area contributed by atoms with Crippen LogP contribution in [-0.2, 0) is 14.3 Å². The fraction of sp³-hybridized carbons (Fsp3) is 0.421. The van der Waals surface area contributed by atoms with Gasteiger partial charge in [-0.05, 0) is 25.1 Å². The second kappa shape index (κ2) is 6.74. The Labute approximate surface area is 161 Å². The first-order valence-electron chi connectivity index (χ1n) is 9.00. The molecule has 0 spiro atoms. The van der Waals surface area contributed by atoms with Crippen molar-refractivity contribution in [3.63, 3.8) is 0 Å². The molecular formula is C19H21N3O6. The van der Waals surface area contributed by atoms with Crippen molar-refractivity contribution in [2.45, 2.75) is 19.0 Å². The molecule has 4 rings (SSSR count). The number of benzene rings is 1. The minimum Gasteiger partial charge on any atom is -0.497 e. The summed E-state index contributed by atoms with van der Waals surface area (Å²) in [5, 5.41) is 5.58. The topological polar surface area (TPSA) is 106 Å². The number of esters is 1. The van der Waals surface area contributed by atoms with Crippen LogP contribution in [0.15, 0.2) is 29.5 Å². The predicted octanol–water partition coefficient (Wildman–Crippen LogP) is 0.715. The van der Waals surface area contributed by atoms with Gasteiger partial charge in [-0.3, -0.25) is 10.1 Å². The first-order valence-corrected chi connectivity index (χ1v) is 9.00. The van der Waals surface area contributed by atoms with Gasteiger partial charge in [-0.1, -0.05) is 0 Å². The molecule has 28 heavy (non-hydrogen) atoms. The molecule has 3 amide bonds. The third-order valence-corrected chi connectivity index (χ3v) is 5.47. The second-order valence-electron chi connectivity index (χ2n) is 6.75. The van der Waals surface area contributed by atoms with Gasteiger partial charge in [0.25, 0.3) is 0 Å². The van der Waals surface area contributed by atoms with Gasteiger partial charge < -0.3 is 24.4 Å². The van der Waals surface area contributed by atoms with E-state index in [0.717, 1.165) is 0 Å². The molecule has 0 aliphatic carbocycles. The van der Waals surface area contributed by atoms with Crippen LogP contribution in [0.3, 0.4) is 0 Å². The van der Waals surface area contributed by atoms with Crippen LogP contribution in [0.4, 0.5) is 4.79 Å². The molecule has 0 bridgehead atoms. The molecule has 9 nitrogen and oxygen atoms in total. The average Bonchev–Trinajstić information content (AvgIpc) is 3.06. The molecule has 3 aliphatic rings. The Kier molecular flexibility index (Phi) is 4.37. The van der Waals surface area contributed by atoms with E-state index in [1.165, 1.54) is 19.1 Å². The van der Waals surface area contributed by atoms with Crippen LogP contribution in [0.25, 0.3) is 0 Å². The summed E-state index contributed by atoms with van der Waals surface area (Å²) in [7, 11) is 3.06. The summed E-state index contributed by atoms with van der Waals surface area (Å²) in [6.07, 6.45) is -0.597. The van der Waals surface area contributed by atoms with E-state index in [4.69, 9.17) is 14.2 Å². The molecule has 2 N–H and O–H groups in total. The number of urea groups is 1. The maximum atomic E-state index is 12.9. The van der Waals surface area contributed by atoms with Crippen molar-refractivity contribution in [3.8, 4) is 11.5 Å². The summed E-state index contributed by atoms with van der Waals surface area (Å²) in [4.78, 5) is 39.3. The van der Waals surface area contributed by atoms with Gasteiger partial charge in [0.15, 0.2) is 0 Å². The minimum absolute atomic E-state index is 0.0769. The van der Waals surface area contributed by atoms with Crippen molar-refractivity contribution in [3.05, 3.63) is 35.0 Å². The molecule has 1 fully saturated rings. The van der Waals surface area contributed by atoms with Crippen molar-refractivity contribution in [2.75, 3.05) is 27.4 Å². The van der Waals surface area contributed by atoms with E-state index in [2.05, 4.69) is 10.6 Å². The Morgan fingerprint density at radius 1 is 1.21 bits per heavy atom. The van der Waals surface area contributed by atoms with Gasteiger partial charge >= 0.3 is 12.0 Å². The summed E-state index contributed by atoms with van der Waals surface area (Å²) in [6, 6.07) is 4.76. The number of hydrogen-bond donors (Lipinski definition) is 2. The van der Waals surface area contributed by atoms with E-state index in [0.29, 0.717) is 34.9 Å². The van der Waals surface area contributed by atoms with Crippen LogP contribution in [0.5, 0.6) is 11.5 Å². The van der Waals surface area contributed by atoms with Crippen LogP contribution in [0, 0.1) is 5.92 Å². The summed E-state index contributed by atoms with van der Waals surface area (Å²) >= 11 is 0. The highest BCUT2D eigenvalue weighted by molar-refractivity contribution is 6.02. The number of rotatable bonds is 4. The monoisotopic (exact) mass is 387 g/mol. The standard InChI is InChI=1S/C19H21N3O6/c1-4-22-16-15(17(23)21-19(22)25)13(14-11(20-16)8-28-18(14)24)10-7-9(26-2)5-6-12(10)27-3/h5-7,13,15-16,20H,4,8H2,1-3H3,(H,21,23,25). The molecule has 0 saturated carbocycles. The number of nitrogens with one attached hydrogen (secondary N) is 2. The molecule has 3 aliphatic heterocycles. The van der Waals surface area contributed by atoms with Gasteiger partial charge in [0.05, 0.1) is 31.4 Å². The number of cyclic esters (lactones) is 1. The highest BCUT2D eigenvalue weighted by Gasteiger charge is 2.53. The van der Waals surface area contributed by atoms with Gasteiger partial charge in [0.2, 0.25) is 5.91 Å². The average molecular weight is 387 g/mol. The lowest BCUT2D eigenvalue weighted by Gasteiger charge is -2.46.